The van der Waals surface area contributed by atoms with Crippen molar-refractivity contribution >= 4 is 21.6 Å². The van der Waals surface area contributed by atoms with Crippen LogP contribution in [0.25, 0.3) is 0 Å². The van der Waals surface area contributed by atoms with Gasteiger partial charge in [-0.25, -0.2) is 8.42 Å². The molecule has 7 nitrogen and oxygen atoms in total. The quantitative estimate of drug-likeness (QED) is 0.559. The zero-order valence-electron chi connectivity index (χ0n) is 17.9. The summed E-state index contributed by atoms with van der Waals surface area (Å²) in [5, 5.41) is 2.15. The maximum Gasteiger partial charge on any atom is 0.418 e. The lowest BCUT2D eigenvalue weighted by molar-refractivity contribution is -0.137. The summed E-state index contributed by atoms with van der Waals surface area (Å²) in [6.45, 7) is 4.92. The number of benzene rings is 2. The number of hydrogen-bond donors (Lipinski definition) is 1. The highest BCUT2D eigenvalue weighted by atomic mass is 32.2. The number of amides is 1. The molecular weight excluding hydrogens is 449 g/mol. The second kappa shape index (κ2) is 10.7. The third kappa shape index (κ3) is 6.13. The molecule has 0 fully saturated rings. The van der Waals surface area contributed by atoms with Crippen molar-refractivity contribution in [2.24, 2.45) is 0 Å². The van der Waals surface area contributed by atoms with Crippen LogP contribution in [0.2, 0.25) is 0 Å². The molecule has 0 spiro atoms. The van der Waals surface area contributed by atoms with E-state index in [1.807, 2.05) is 0 Å². The van der Waals surface area contributed by atoms with E-state index in [2.05, 4.69) is 5.32 Å². The van der Waals surface area contributed by atoms with Crippen LogP contribution in [-0.4, -0.2) is 44.9 Å². The van der Waals surface area contributed by atoms with E-state index in [-0.39, 0.29) is 23.8 Å². The molecule has 0 saturated heterocycles. The molecule has 0 unspecified atom stereocenters. The van der Waals surface area contributed by atoms with Gasteiger partial charge in [0.1, 0.15) is 0 Å². The van der Waals surface area contributed by atoms with Crippen molar-refractivity contribution in [2.75, 3.05) is 31.6 Å². The number of halogens is 3. The molecule has 2 aromatic rings. The van der Waals surface area contributed by atoms with Gasteiger partial charge in [-0.1, -0.05) is 19.1 Å². The number of anilines is 1. The Hall–Kier alpha value is -2.79. The normalized spacial score (nSPS) is 12.0. The first kappa shape index (κ1) is 25.5. The predicted molar refractivity (Wildman–Crippen MR) is 113 cm³/mol. The highest BCUT2D eigenvalue weighted by molar-refractivity contribution is 7.89. The number of nitrogens with zero attached hydrogens (tertiary/aromatic N) is 1. The van der Waals surface area contributed by atoms with E-state index in [0.717, 1.165) is 16.4 Å². The Bertz CT molecular complexity index is 1040. The lowest BCUT2D eigenvalue weighted by Crippen LogP contribution is -2.38. The molecule has 32 heavy (non-hydrogen) atoms. The number of rotatable bonds is 10. The largest absolute Gasteiger partial charge is 0.490 e. The molecule has 0 bridgehead atoms. The minimum Gasteiger partial charge on any atom is -0.490 e. The number of para-hydroxylation sites is 1. The molecule has 1 N–H and O–H groups in total. The van der Waals surface area contributed by atoms with Gasteiger partial charge in [-0.05, 0) is 38.1 Å². The van der Waals surface area contributed by atoms with Crippen LogP contribution in [-0.2, 0) is 21.0 Å². The molecule has 0 saturated carbocycles. The van der Waals surface area contributed by atoms with Crippen LogP contribution in [0.5, 0.6) is 11.5 Å². The van der Waals surface area contributed by atoms with Crippen LogP contribution >= 0.6 is 0 Å². The molecule has 0 heterocycles. The van der Waals surface area contributed by atoms with E-state index in [1.165, 1.54) is 37.3 Å². The van der Waals surface area contributed by atoms with Crippen LogP contribution in [0.3, 0.4) is 0 Å². The highest BCUT2D eigenvalue weighted by Crippen LogP contribution is 2.35. The topological polar surface area (TPSA) is 84.9 Å². The van der Waals surface area contributed by atoms with Crippen molar-refractivity contribution in [1.29, 1.82) is 0 Å². The lowest BCUT2D eigenvalue weighted by atomic mass is 10.1. The Morgan fingerprint density at radius 1 is 1.00 bits per heavy atom. The smallest absolute Gasteiger partial charge is 0.418 e. The van der Waals surface area contributed by atoms with Gasteiger partial charge in [-0.15, -0.1) is 0 Å². The molecule has 0 aliphatic rings. The highest BCUT2D eigenvalue weighted by Gasteiger charge is 2.34. The van der Waals surface area contributed by atoms with Gasteiger partial charge in [0.25, 0.3) is 0 Å². The van der Waals surface area contributed by atoms with Crippen molar-refractivity contribution in [1.82, 2.24) is 4.31 Å². The summed E-state index contributed by atoms with van der Waals surface area (Å²) >= 11 is 0. The van der Waals surface area contributed by atoms with Gasteiger partial charge < -0.3 is 14.8 Å². The van der Waals surface area contributed by atoms with E-state index in [0.29, 0.717) is 12.4 Å². The van der Waals surface area contributed by atoms with Crippen LogP contribution in [0.1, 0.15) is 26.3 Å². The second-order valence-corrected chi connectivity index (χ2v) is 8.44. The summed E-state index contributed by atoms with van der Waals surface area (Å²) < 4.78 is 77.3. The Morgan fingerprint density at radius 3 is 2.22 bits per heavy atom. The second-order valence-electron chi connectivity index (χ2n) is 6.50. The minimum absolute atomic E-state index is 0.0755. The molecular formula is C21H25F3N2O5S. The zero-order valence-corrected chi connectivity index (χ0v) is 18.7. The molecule has 0 aromatic heterocycles. The SMILES string of the molecule is CCOc1ccc(S(=O)(=O)N(CC)CC(=O)Nc2ccccc2C(F)(F)F)cc1OCC. The zero-order chi connectivity index (χ0) is 23.9. The van der Waals surface area contributed by atoms with Crippen LogP contribution in [0.15, 0.2) is 47.4 Å². The Morgan fingerprint density at radius 2 is 1.62 bits per heavy atom. The number of likely N-dealkylation sites (N-methyl/N-ethyl adjacent to an activating group) is 1. The molecule has 0 radical (unpaired) electrons. The van der Waals surface area contributed by atoms with Gasteiger partial charge in [-0.3, -0.25) is 4.79 Å². The Balaban J connectivity index is 2.27. The number of sulfonamides is 1. The van der Waals surface area contributed by atoms with Gasteiger partial charge in [0, 0.05) is 12.6 Å². The maximum atomic E-state index is 13.1. The number of hydrogen-bond acceptors (Lipinski definition) is 5. The van der Waals surface area contributed by atoms with E-state index in [9.17, 15) is 26.4 Å². The number of nitrogens with one attached hydrogen (secondary N) is 1. The van der Waals surface area contributed by atoms with Crippen LogP contribution in [0, 0.1) is 0 Å². The fourth-order valence-electron chi connectivity index (χ4n) is 2.90. The van der Waals surface area contributed by atoms with Crippen molar-refractivity contribution in [2.45, 2.75) is 31.8 Å². The van der Waals surface area contributed by atoms with Crippen LogP contribution < -0.4 is 14.8 Å². The molecule has 176 valence electrons. The Labute approximate surface area is 185 Å². The van der Waals surface area contributed by atoms with Gasteiger partial charge in [0.2, 0.25) is 15.9 Å². The van der Waals surface area contributed by atoms with Crippen molar-refractivity contribution in [3.63, 3.8) is 0 Å². The number of carbonyl (C=O) groups excluding carboxylic acids is 1. The third-order valence-corrected chi connectivity index (χ3v) is 6.25. The number of alkyl halides is 3. The van der Waals surface area contributed by atoms with E-state index in [1.54, 1.807) is 13.8 Å². The number of carbonyl (C=O) groups is 1. The first-order valence-electron chi connectivity index (χ1n) is 9.90. The Kier molecular flexibility index (Phi) is 8.51. The summed E-state index contributed by atoms with van der Waals surface area (Å²) in [6.07, 6.45) is -4.67. The lowest BCUT2D eigenvalue weighted by Gasteiger charge is -2.21. The summed E-state index contributed by atoms with van der Waals surface area (Å²) in [5.41, 5.74) is -1.47. The molecule has 0 aliphatic carbocycles. The molecule has 1 amide bonds. The monoisotopic (exact) mass is 474 g/mol. The molecule has 2 rings (SSSR count). The average Bonchev–Trinajstić information content (AvgIpc) is 2.73. The summed E-state index contributed by atoms with van der Waals surface area (Å²) in [5.74, 6) is -0.295. The molecule has 11 heteroatoms. The fourth-order valence-corrected chi connectivity index (χ4v) is 4.32. The average molecular weight is 475 g/mol. The van der Waals surface area contributed by atoms with Crippen molar-refractivity contribution in [3.05, 3.63) is 48.0 Å². The predicted octanol–water partition coefficient (Wildman–Crippen LogP) is 4.15. The van der Waals surface area contributed by atoms with Gasteiger partial charge in [0.15, 0.2) is 11.5 Å². The third-order valence-electron chi connectivity index (χ3n) is 4.33. The van der Waals surface area contributed by atoms with Crippen molar-refractivity contribution < 1.29 is 35.9 Å². The fraction of sp³-hybridized carbons (Fsp3) is 0.381. The van der Waals surface area contributed by atoms with Gasteiger partial charge in [-0.2, -0.15) is 17.5 Å². The molecule has 2 aromatic carbocycles. The number of ether oxygens (including phenoxy) is 2. The van der Waals surface area contributed by atoms with Crippen LogP contribution in [0.4, 0.5) is 18.9 Å². The first-order valence-corrected chi connectivity index (χ1v) is 11.3. The van der Waals surface area contributed by atoms with Gasteiger partial charge in [0.05, 0.1) is 35.9 Å². The van der Waals surface area contributed by atoms with E-state index in [4.69, 9.17) is 9.47 Å². The molecule has 0 atom stereocenters. The van der Waals surface area contributed by atoms with Crippen molar-refractivity contribution in [3.8, 4) is 11.5 Å². The summed E-state index contributed by atoms with van der Waals surface area (Å²) in [4.78, 5) is 12.3. The maximum absolute atomic E-state index is 13.1. The standard InChI is InChI=1S/C21H25F3N2O5S/c1-4-26(14-20(27)25-17-10-8-7-9-16(17)21(22,23)24)32(28,29)15-11-12-18(30-5-2)19(13-15)31-6-3/h7-13H,4-6,14H2,1-3H3,(H,25,27). The summed E-state index contributed by atoms with van der Waals surface area (Å²) in [6, 6.07) is 8.55. The van der Waals surface area contributed by atoms with E-state index < -0.39 is 39.9 Å². The van der Waals surface area contributed by atoms with E-state index >= 15 is 0 Å². The first-order chi connectivity index (χ1) is 15.0. The summed E-state index contributed by atoms with van der Waals surface area (Å²) in [7, 11) is -4.13. The van der Waals surface area contributed by atoms with Gasteiger partial charge >= 0.3 is 6.18 Å². The minimum atomic E-state index is -4.67. The molecule has 0 aliphatic heterocycles.